The van der Waals surface area contributed by atoms with Crippen molar-refractivity contribution in [1.29, 1.82) is 0 Å². The zero-order chi connectivity index (χ0) is 14.5. The number of hydrogen-bond acceptors (Lipinski definition) is 3. The van der Waals surface area contributed by atoms with E-state index < -0.39 is 0 Å². The highest BCUT2D eigenvalue weighted by Crippen LogP contribution is 2.09. The smallest absolute Gasteiger partial charge is 0.253 e. The predicted octanol–water partition coefficient (Wildman–Crippen LogP) is 1.99. The van der Waals surface area contributed by atoms with Gasteiger partial charge in [0.25, 0.3) is 5.91 Å². The molecule has 0 saturated heterocycles. The van der Waals surface area contributed by atoms with Crippen molar-refractivity contribution in [3.8, 4) is 0 Å². The second kappa shape index (κ2) is 6.25. The summed E-state index contributed by atoms with van der Waals surface area (Å²) in [6, 6.07) is 10.8. The molecule has 102 valence electrons. The molecule has 1 aromatic heterocycles. The van der Waals surface area contributed by atoms with Crippen LogP contribution in [0, 0.1) is 0 Å². The lowest BCUT2D eigenvalue weighted by atomic mass is 10.1. The number of aromatic nitrogens is 1. The molecule has 0 spiro atoms. The highest BCUT2D eigenvalue weighted by Gasteiger charge is 2.12. The van der Waals surface area contributed by atoms with Gasteiger partial charge >= 0.3 is 0 Å². The Kier molecular flexibility index (Phi) is 4.42. The third-order valence-electron chi connectivity index (χ3n) is 2.93. The van der Waals surface area contributed by atoms with E-state index in [9.17, 15) is 4.79 Å². The van der Waals surface area contributed by atoms with Crippen LogP contribution < -0.4 is 5.73 Å². The Labute approximate surface area is 123 Å². The highest BCUT2D eigenvalue weighted by atomic mass is 32.1. The van der Waals surface area contributed by atoms with Crippen LogP contribution in [0.5, 0.6) is 0 Å². The van der Waals surface area contributed by atoms with Crippen molar-refractivity contribution in [3.05, 3.63) is 65.5 Å². The standard InChI is InChI=1S/C15H15N3OS/c1-18(10-11-6-8-17-9-7-11)15(19)13-4-2-12(3-5-13)14(16)20/h2-9H,10H2,1H3,(H2,16,20). The first-order chi connectivity index (χ1) is 9.58. The van der Waals surface area contributed by atoms with Gasteiger partial charge in [-0.3, -0.25) is 9.78 Å². The molecular weight excluding hydrogens is 270 g/mol. The highest BCUT2D eigenvalue weighted by molar-refractivity contribution is 7.80. The van der Waals surface area contributed by atoms with Gasteiger partial charge in [-0.05, 0) is 29.8 Å². The minimum Gasteiger partial charge on any atom is -0.389 e. The number of pyridine rings is 1. The topological polar surface area (TPSA) is 59.2 Å². The summed E-state index contributed by atoms with van der Waals surface area (Å²) in [5, 5.41) is 0. The molecule has 0 aliphatic carbocycles. The Morgan fingerprint density at radius 2 is 1.70 bits per heavy atom. The van der Waals surface area contributed by atoms with E-state index in [1.54, 1.807) is 48.6 Å². The largest absolute Gasteiger partial charge is 0.389 e. The number of amides is 1. The molecule has 4 nitrogen and oxygen atoms in total. The Bertz CT molecular complexity index is 611. The number of nitrogens with zero attached hydrogens (tertiary/aromatic N) is 2. The second-order valence-electron chi connectivity index (χ2n) is 4.46. The lowest BCUT2D eigenvalue weighted by Crippen LogP contribution is -2.26. The van der Waals surface area contributed by atoms with E-state index in [0.717, 1.165) is 11.1 Å². The van der Waals surface area contributed by atoms with Crippen LogP contribution in [0.25, 0.3) is 0 Å². The maximum atomic E-state index is 12.3. The van der Waals surface area contributed by atoms with Crippen molar-refractivity contribution >= 4 is 23.1 Å². The monoisotopic (exact) mass is 285 g/mol. The van der Waals surface area contributed by atoms with Crippen LogP contribution in [0.2, 0.25) is 0 Å². The summed E-state index contributed by atoms with van der Waals surface area (Å²) in [5.41, 5.74) is 7.94. The predicted molar refractivity (Wildman–Crippen MR) is 82.4 cm³/mol. The molecule has 0 radical (unpaired) electrons. The van der Waals surface area contributed by atoms with E-state index in [1.165, 1.54) is 0 Å². The van der Waals surface area contributed by atoms with Gasteiger partial charge in [0.2, 0.25) is 0 Å². The van der Waals surface area contributed by atoms with Gasteiger partial charge in [-0.25, -0.2) is 0 Å². The minimum absolute atomic E-state index is 0.0451. The molecule has 20 heavy (non-hydrogen) atoms. The molecule has 1 amide bonds. The van der Waals surface area contributed by atoms with Crippen LogP contribution in [0.15, 0.2) is 48.8 Å². The van der Waals surface area contributed by atoms with Crippen molar-refractivity contribution in [1.82, 2.24) is 9.88 Å². The summed E-state index contributed by atoms with van der Waals surface area (Å²) in [4.78, 5) is 18.2. The Balaban J connectivity index is 2.08. The van der Waals surface area contributed by atoms with Gasteiger partial charge < -0.3 is 10.6 Å². The molecule has 2 N–H and O–H groups in total. The van der Waals surface area contributed by atoms with Crippen molar-refractivity contribution in [2.75, 3.05) is 7.05 Å². The van der Waals surface area contributed by atoms with E-state index in [0.29, 0.717) is 17.1 Å². The molecule has 0 aliphatic heterocycles. The van der Waals surface area contributed by atoms with E-state index in [4.69, 9.17) is 18.0 Å². The van der Waals surface area contributed by atoms with Crippen LogP contribution >= 0.6 is 12.2 Å². The SMILES string of the molecule is CN(Cc1ccncc1)C(=O)c1ccc(C(N)=S)cc1. The van der Waals surface area contributed by atoms with Crippen LogP contribution in [-0.4, -0.2) is 27.8 Å². The van der Waals surface area contributed by atoms with Gasteiger partial charge in [-0.2, -0.15) is 0 Å². The van der Waals surface area contributed by atoms with Gasteiger partial charge in [0.1, 0.15) is 4.99 Å². The van der Waals surface area contributed by atoms with Gasteiger partial charge in [0, 0.05) is 37.1 Å². The van der Waals surface area contributed by atoms with E-state index in [-0.39, 0.29) is 5.91 Å². The number of carbonyl (C=O) groups is 1. The van der Waals surface area contributed by atoms with E-state index in [2.05, 4.69) is 4.98 Å². The molecule has 0 saturated carbocycles. The average Bonchev–Trinajstić information content (AvgIpc) is 2.47. The number of nitrogens with two attached hydrogens (primary N) is 1. The number of rotatable bonds is 4. The lowest BCUT2D eigenvalue weighted by Gasteiger charge is -2.17. The molecule has 5 heteroatoms. The molecule has 0 fully saturated rings. The fourth-order valence-electron chi connectivity index (χ4n) is 1.83. The summed E-state index contributed by atoms with van der Waals surface area (Å²) in [7, 11) is 1.77. The molecule has 0 aliphatic rings. The fourth-order valence-corrected chi connectivity index (χ4v) is 1.97. The third kappa shape index (κ3) is 3.39. The quantitative estimate of drug-likeness (QED) is 0.873. The van der Waals surface area contributed by atoms with Crippen molar-refractivity contribution in [2.24, 2.45) is 5.73 Å². The number of hydrogen-bond donors (Lipinski definition) is 1. The minimum atomic E-state index is -0.0451. The van der Waals surface area contributed by atoms with Crippen LogP contribution in [0.3, 0.4) is 0 Å². The van der Waals surface area contributed by atoms with Gasteiger partial charge in [0.15, 0.2) is 0 Å². The van der Waals surface area contributed by atoms with Crippen LogP contribution in [0.4, 0.5) is 0 Å². The molecule has 2 rings (SSSR count). The van der Waals surface area contributed by atoms with E-state index >= 15 is 0 Å². The summed E-state index contributed by atoms with van der Waals surface area (Å²) in [6.45, 7) is 0.540. The molecule has 1 aromatic carbocycles. The first kappa shape index (κ1) is 14.1. The summed E-state index contributed by atoms with van der Waals surface area (Å²) in [6.07, 6.45) is 3.43. The first-order valence-electron chi connectivity index (χ1n) is 6.12. The molecule has 2 aromatic rings. The maximum Gasteiger partial charge on any atom is 0.253 e. The molecule has 0 atom stereocenters. The Hall–Kier alpha value is -2.27. The molecular formula is C15H15N3OS. The first-order valence-corrected chi connectivity index (χ1v) is 6.53. The summed E-state index contributed by atoms with van der Waals surface area (Å²) in [5.74, 6) is -0.0451. The fraction of sp³-hybridized carbons (Fsp3) is 0.133. The van der Waals surface area contributed by atoms with E-state index in [1.807, 2.05) is 12.1 Å². The summed E-state index contributed by atoms with van der Waals surface area (Å²) < 4.78 is 0. The second-order valence-corrected chi connectivity index (χ2v) is 4.90. The maximum absolute atomic E-state index is 12.3. The van der Waals surface area contributed by atoms with Gasteiger partial charge in [-0.15, -0.1) is 0 Å². The molecule has 0 bridgehead atoms. The van der Waals surface area contributed by atoms with Crippen molar-refractivity contribution in [3.63, 3.8) is 0 Å². The normalized spacial score (nSPS) is 10.1. The zero-order valence-electron chi connectivity index (χ0n) is 11.1. The third-order valence-corrected chi connectivity index (χ3v) is 3.17. The summed E-state index contributed by atoms with van der Waals surface area (Å²) >= 11 is 4.89. The Morgan fingerprint density at radius 1 is 1.15 bits per heavy atom. The van der Waals surface area contributed by atoms with Crippen molar-refractivity contribution in [2.45, 2.75) is 6.54 Å². The van der Waals surface area contributed by atoms with Gasteiger partial charge in [0.05, 0.1) is 0 Å². The number of carbonyl (C=O) groups excluding carboxylic acids is 1. The number of thiocarbonyl (C=S) groups is 1. The molecule has 0 unspecified atom stereocenters. The lowest BCUT2D eigenvalue weighted by molar-refractivity contribution is 0.0785. The zero-order valence-corrected chi connectivity index (χ0v) is 11.9. The van der Waals surface area contributed by atoms with Gasteiger partial charge in [-0.1, -0.05) is 24.4 Å². The van der Waals surface area contributed by atoms with Crippen LogP contribution in [-0.2, 0) is 6.54 Å². The van der Waals surface area contributed by atoms with Crippen molar-refractivity contribution < 1.29 is 4.79 Å². The van der Waals surface area contributed by atoms with Crippen LogP contribution in [0.1, 0.15) is 21.5 Å². The Morgan fingerprint density at radius 3 is 2.25 bits per heavy atom. The average molecular weight is 285 g/mol. The number of benzene rings is 1. The molecule has 1 heterocycles.